The number of amides is 3. The van der Waals surface area contributed by atoms with Gasteiger partial charge < -0.3 is 20.1 Å². The van der Waals surface area contributed by atoms with E-state index in [-0.39, 0.29) is 17.5 Å². The van der Waals surface area contributed by atoms with Gasteiger partial charge in [0.15, 0.2) is 0 Å². The Balaban J connectivity index is 1.86. The minimum Gasteiger partial charge on any atom is -0.357 e. The molecular formula is C14H22N4O2. The minimum atomic E-state index is -0.242. The normalized spacial score (nSPS) is 16.1. The van der Waals surface area contributed by atoms with Crippen LogP contribution in [0.3, 0.4) is 0 Å². The predicted octanol–water partition coefficient (Wildman–Crippen LogP) is 1.28. The van der Waals surface area contributed by atoms with Crippen LogP contribution in [-0.2, 0) is 0 Å². The first-order valence-corrected chi connectivity index (χ1v) is 6.86. The second kappa shape index (κ2) is 5.56. The molecule has 3 amide bonds. The highest BCUT2D eigenvalue weighted by molar-refractivity contribution is 5.92. The molecule has 1 aliphatic heterocycles. The van der Waals surface area contributed by atoms with Crippen molar-refractivity contribution in [3.8, 4) is 0 Å². The lowest BCUT2D eigenvalue weighted by Crippen LogP contribution is -2.56. The van der Waals surface area contributed by atoms with Crippen LogP contribution >= 0.6 is 0 Å². The number of hydrogen-bond acceptors (Lipinski definition) is 2. The van der Waals surface area contributed by atoms with Gasteiger partial charge in [-0.3, -0.25) is 4.79 Å². The molecule has 1 saturated heterocycles. The zero-order valence-corrected chi connectivity index (χ0v) is 12.3. The molecule has 0 spiro atoms. The van der Waals surface area contributed by atoms with E-state index in [4.69, 9.17) is 0 Å². The second-order valence-electron chi connectivity index (χ2n) is 6.04. The Labute approximate surface area is 119 Å². The first-order valence-electron chi connectivity index (χ1n) is 6.86. The summed E-state index contributed by atoms with van der Waals surface area (Å²) in [6, 6.07) is 3.51. The van der Waals surface area contributed by atoms with Crippen LogP contribution in [0.4, 0.5) is 4.79 Å². The third kappa shape index (κ3) is 3.53. The molecule has 0 bridgehead atoms. The van der Waals surface area contributed by atoms with Gasteiger partial charge in [0, 0.05) is 37.9 Å². The van der Waals surface area contributed by atoms with Gasteiger partial charge in [0.25, 0.3) is 5.91 Å². The lowest BCUT2D eigenvalue weighted by molar-refractivity contribution is 0.0656. The first kappa shape index (κ1) is 14.4. The van der Waals surface area contributed by atoms with Crippen molar-refractivity contribution in [2.45, 2.75) is 26.3 Å². The molecule has 0 saturated carbocycles. The van der Waals surface area contributed by atoms with Gasteiger partial charge in [-0.25, -0.2) is 4.79 Å². The Morgan fingerprint density at radius 2 is 1.75 bits per heavy atom. The van der Waals surface area contributed by atoms with E-state index in [1.54, 1.807) is 28.1 Å². The number of nitrogens with one attached hydrogen (secondary N) is 2. The summed E-state index contributed by atoms with van der Waals surface area (Å²) in [6.07, 6.45) is 1.74. The Morgan fingerprint density at radius 3 is 2.25 bits per heavy atom. The van der Waals surface area contributed by atoms with E-state index >= 15 is 0 Å². The van der Waals surface area contributed by atoms with Crippen molar-refractivity contribution in [2.75, 3.05) is 26.2 Å². The summed E-state index contributed by atoms with van der Waals surface area (Å²) in [5.74, 6) is -0.00844. The number of H-pyrrole nitrogens is 1. The van der Waals surface area contributed by atoms with Crippen LogP contribution in [0.25, 0.3) is 0 Å². The molecule has 0 aliphatic carbocycles. The zero-order chi connectivity index (χ0) is 14.8. The molecule has 1 aliphatic rings. The molecular weight excluding hydrogens is 256 g/mol. The number of rotatable bonds is 1. The van der Waals surface area contributed by atoms with Crippen LogP contribution in [0, 0.1) is 0 Å². The molecule has 0 aromatic carbocycles. The summed E-state index contributed by atoms with van der Waals surface area (Å²) < 4.78 is 0. The Bertz CT molecular complexity index is 468. The largest absolute Gasteiger partial charge is 0.357 e. The summed E-state index contributed by atoms with van der Waals surface area (Å²) >= 11 is 0. The average Bonchev–Trinajstić information content (AvgIpc) is 2.90. The third-order valence-corrected chi connectivity index (χ3v) is 3.16. The van der Waals surface area contributed by atoms with Gasteiger partial charge in [0.1, 0.15) is 5.69 Å². The SMILES string of the molecule is CC(C)(C)NC(=O)N1CCN(C(=O)c2ccc[nH]2)CC1. The molecule has 0 atom stereocenters. The topological polar surface area (TPSA) is 68.4 Å². The van der Waals surface area contributed by atoms with E-state index < -0.39 is 0 Å². The summed E-state index contributed by atoms with van der Waals surface area (Å²) in [4.78, 5) is 30.6. The van der Waals surface area contributed by atoms with E-state index in [1.807, 2.05) is 20.8 Å². The number of hydrogen-bond donors (Lipinski definition) is 2. The smallest absolute Gasteiger partial charge is 0.317 e. The molecule has 110 valence electrons. The van der Waals surface area contributed by atoms with Gasteiger partial charge in [0.2, 0.25) is 0 Å². The highest BCUT2D eigenvalue weighted by Gasteiger charge is 2.26. The zero-order valence-electron chi connectivity index (χ0n) is 12.3. The molecule has 6 nitrogen and oxygen atoms in total. The van der Waals surface area contributed by atoms with E-state index in [0.717, 1.165) is 0 Å². The number of piperazine rings is 1. The third-order valence-electron chi connectivity index (χ3n) is 3.16. The van der Waals surface area contributed by atoms with Gasteiger partial charge in [-0.2, -0.15) is 0 Å². The van der Waals surface area contributed by atoms with Crippen molar-refractivity contribution < 1.29 is 9.59 Å². The van der Waals surface area contributed by atoms with Crippen LogP contribution in [0.15, 0.2) is 18.3 Å². The van der Waals surface area contributed by atoms with E-state index in [9.17, 15) is 9.59 Å². The van der Waals surface area contributed by atoms with Crippen molar-refractivity contribution in [3.05, 3.63) is 24.0 Å². The van der Waals surface area contributed by atoms with Gasteiger partial charge in [0.05, 0.1) is 0 Å². The average molecular weight is 278 g/mol. The second-order valence-corrected chi connectivity index (χ2v) is 6.04. The van der Waals surface area contributed by atoms with E-state index in [1.165, 1.54) is 0 Å². The van der Waals surface area contributed by atoms with Crippen LogP contribution in [0.2, 0.25) is 0 Å². The van der Waals surface area contributed by atoms with Crippen LogP contribution < -0.4 is 5.32 Å². The molecule has 2 N–H and O–H groups in total. The molecule has 1 aromatic heterocycles. The van der Waals surface area contributed by atoms with Crippen molar-refractivity contribution in [2.24, 2.45) is 0 Å². The predicted molar refractivity (Wildman–Crippen MR) is 76.6 cm³/mol. The number of aromatic amines is 1. The van der Waals surface area contributed by atoms with Gasteiger partial charge in [-0.15, -0.1) is 0 Å². The fourth-order valence-corrected chi connectivity index (χ4v) is 2.15. The molecule has 0 unspecified atom stereocenters. The van der Waals surface area contributed by atoms with Gasteiger partial charge in [-0.05, 0) is 32.9 Å². The van der Waals surface area contributed by atoms with Gasteiger partial charge in [-0.1, -0.05) is 0 Å². The van der Waals surface area contributed by atoms with Crippen molar-refractivity contribution in [1.29, 1.82) is 0 Å². The molecule has 0 radical (unpaired) electrons. The van der Waals surface area contributed by atoms with Crippen LogP contribution in [-0.4, -0.2) is 58.4 Å². The number of carbonyl (C=O) groups is 2. The van der Waals surface area contributed by atoms with E-state index in [0.29, 0.717) is 31.9 Å². The summed E-state index contributed by atoms with van der Waals surface area (Å²) in [5.41, 5.74) is 0.353. The first-order chi connectivity index (χ1) is 9.37. The Kier molecular flexibility index (Phi) is 4.01. The number of nitrogens with zero attached hydrogens (tertiary/aromatic N) is 2. The number of carbonyl (C=O) groups excluding carboxylic acids is 2. The molecule has 6 heteroatoms. The molecule has 2 rings (SSSR count). The molecule has 2 heterocycles. The van der Waals surface area contributed by atoms with Crippen molar-refractivity contribution >= 4 is 11.9 Å². The van der Waals surface area contributed by atoms with Gasteiger partial charge >= 0.3 is 6.03 Å². The molecule has 1 aromatic rings. The maximum atomic E-state index is 12.1. The summed E-state index contributed by atoms with van der Waals surface area (Å²) in [6.45, 7) is 8.12. The van der Waals surface area contributed by atoms with E-state index in [2.05, 4.69) is 10.3 Å². The summed E-state index contributed by atoms with van der Waals surface area (Å²) in [5, 5.41) is 2.94. The molecule has 1 fully saturated rings. The monoisotopic (exact) mass is 278 g/mol. The van der Waals surface area contributed by atoms with Crippen molar-refractivity contribution in [3.63, 3.8) is 0 Å². The fourth-order valence-electron chi connectivity index (χ4n) is 2.15. The van der Waals surface area contributed by atoms with Crippen LogP contribution in [0.5, 0.6) is 0 Å². The highest BCUT2D eigenvalue weighted by atomic mass is 16.2. The molecule has 20 heavy (non-hydrogen) atoms. The lowest BCUT2D eigenvalue weighted by atomic mass is 10.1. The quantitative estimate of drug-likeness (QED) is 0.812. The minimum absolute atomic E-state index is 0.00844. The number of aromatic nitrogens is 1. The maximum Gasteiger partial charge on any atom is 0.317 e. The maximum absolute atomic E-state index is 12.1. The standard InChI is InChI=1S/C14H22N4O2/c1-14(2,3)16-13(20)18-9-7-17(8-10-18)12(19)11-5-4-6-15-11/h4-6,15H,7-10H2,1-3H3,(H,16,20). The fraction of sp³-hybridized carbons (Fsp3) is 0.571. The number of urea groups is 1. The van der Waals surface area contributed by atoms with Crippen LogP contribution in [0.1, 0.15) is 31.3 Å². The van der Waals surface area contributed by atoms with Crippen molar-refractivity contribution in [1.82, 2.24) is 20.1 Å². The lowest BCUT2D eigenvalue weighted by Gasteiger charge is -2.36. The summed E-state index contributed by atoms with van der Waals surface area (Å²) in [7, 11) is 0. The Hall–Kier alpha value is -1.98. The Morgan fingerprint density at radius 1 is 1.15 bits per heavy atom. The highest BCUT2D eigenvalue weighted by Crippen LogP contribution is 2.08.